The third-order valence-electron chi connectivity index (χ3n) is 3.79. The molecule has 2 rings (SSSR count). The molecule has 1 aromatic carbocycles. The molecule has 1 N–H and O–H groups in total. The largest absolute Gasteiger partial charge is 0.326 e. The maximum absolute atomic E-state index is 12.1. The number of amides is 1. The van der Waals surface area contributed by atoms with E-state index in [0.29, 0.717) is 11.6 Å². The summed E-state index contributed by atoms with van der Waals surface area (Å²) in [6.07, 6.45) is 4.01. The highest BCUT2D eigenvalue weighted by atomic mass is 35.7. The number of halogens is 1. The molecule has 20 heavy (non-hydrogen) atoms. The molecule has 0 bridgehead atoms. The Morgan fingerprint density at radius 1 is 1.15 bits per heavy atom. The summed E-state index contributed by atoms with van der Waals surface area (Å²) in [5, 5.41) is 2.83. The van der Waals surface area contributed by atoms with E-state index in [0.717, 1.165) is 25.7 Å². The van der Waals surface area contributed by atoms with Gasteiger partial charge in [-0.1, -0.05) is 6.92 Å². The molecule has 4 nitrogen and oxygen atoms in total. The van der Waals surface area contributed by atoms with Gasteiger partial charge in [-0.3, -0.25) is 4.79 Å². The monoisotopic (exact) mass is 315 g/mol. The van der Waals surface area contributed by atoms with Crippen molar-refractivity contribution in [2.24, 2.45) is 11.8 Å². The van der Waals surface area contributed by atoms with Crippen molar-refractivity contribution >= 4 is 31.3 Å². The summed E-state index contributed by atoms with van der Waals surface area (Å²) >= 11 is 0. The lowest BCUT2D eigenvalue weighted by Crippen LogP contribution is -2.26. The zero-order valence-corrected chi connectivity index (χ0v) is 12.9. The van der Waals surface area contributed by atoms with Crippen LogP contribution < -0.4 is 5.32 Å². The molecule has 0 saturated heterocycles. The van der Waals surface area contributed by atoms with Crippen LogP contribution in [-0.2, 0) is 13.8 Å². The van der Waals surface area contributed by atoms with Gasteiger partial charge >= 0.3 is 0 Å². The topological polar surface area (TPSA) is 63.2 Å². The van der Waals surface area contributed by atoms with Gasteiger partial charge in [-0.15, -0.1) is 0 Å². The highest BCUT2D eigenvalue weighted by molar-refractivity contribution is 8.13. The Morgan fingerprint density at radius 3 is 2.20 bits per heavy atom. The fraction of sp³-hybridized carbons (Fsp3) is 0.500. The van der Waals surface area contributed by atoms with Crippen LogP contribution in [0.5, 0.6) is 0 Å². The van der Waals surface area contributed by atoms with Crippen molar-refractivity contribution in [2.45, 2.75) is 37.5 Å². The Hall–Kier alpha value is -1.07. The number of nitrogens with one attached hydrogen (secondary N) is 1. The zero-order valence-electron chi connectivity index (χ0n) is 11.3. The number of carbonyl (C=O) groups is 1. The highest BCUT2D eigenvalue weighted by Crippen LogP contribution is 2.29. The summed E-state index contributed by atoms with van der Waals surface area (Å²) in [5.74, 6) is 0.772. The van der Waals surface area contributed by atoms with E-state index in [9.17, 15) is 13.2 Å². The molecule has 0 radical (unpaired) electrons. The lowest BCUT2D eigenvalue weighted by atomic mass is 9.82. The van der Waals surface area contributed by atoms with Gasteiger partial charge in [0.15, 0.2) is 0 Å². The second-order valence-electron chi connectivity index (χ2n) is 5.41. The van der Waals surface area contributed by atoms with Crippen LogP contribution in [0.3, 0.4) is 0 Å². The van der Waals surface area contributed by atoms with E-state index in [1.807, 2.05) is 0 Å². The normalized spacial score (nSPS) is 23.3. The Balaban J connectivity index is 1.98. The molecule has 1 aliphatic rings. The van der Waals surface area contributed by atoms with Crippen molar-refractivity contribution in [1.29, 1.82) is 0 Å². The molecule has 1 fully saturated rings. The predicted molar refractivity (Wildman–Crippen MR) is 79.2 cm³/mol. The average Bonchev–Trinajstić information content (AvgIpc) is 2.39. The lowest BCUT2D eigenvalue weighted by Gasteiger charge is -2.25. The highest BCUT2D eigenvalue weighted by Gasteiger charge is 2.24. The Kier molecular flexibility index (Phi) is 4.70. The van der Waals surface area contributed by atoms with Crippen LogP contribution in [0.15, 0.2) is 29.2 Å². The maximum Gasteiger partial charge on any atom is 0.261 e. The predicted octanol–water partition coefficient (Wildman–Crippen LogP) is 3.38. The van der Waals surface area contributed by atoms with Gasteiger partial charge in [0.2, 0.25) is 5.91 Å². The summed E-state index contributed by atoms with van der Waals surface area (Å²) < 4.78 is 22.2. The Bertz CT molecular complexity index is 575. The minimum absolute atomic E-state index is 0.0124. The fourth-order valence-corrected chi connectivity index (χ4v) is 3.24. The van der Waals surface area contributed by atoms with Crippen LogP contribution in [0.1, 0.15) is 32.6 Å². The molecule has 0 unspecified atom stereocenters. The van der Waals surface area contributed by atoms with Gasteiger partial charge in [0, 0.05) is 22.3 Å². The second kappa shape index (κ2) is 6.14. The van der Waals surface area contributed by atoms with Crippen molar-refractivity contribution in [3.8, 4) is 0 Å². The van der Waals surface area contributed by atoms with E-state index in [1.54, 1.807) is 12.1 Å². The number of carbonyl (C=O) groups excluding carboxylic acids is 1. The molecule has 0 atom stereocenters. The average molecular weight is 316 g/mol. The van der Waals surface area contributed by atoms with Crippen molar-refractivity contribution in [3.63, 3.8) is 0 Å². The van der Waals surface area contributed by atoms with Gasteiger partial charge in [0.25, 0.3) is 9.05 Å². The lowest BCUT2D eigenvalue weighted by molar-refractivity contribution is -0.121. The van der Waals surface area contributed by atoms with E-state index in [-0.39, 0.29) is 16.7 Å². The van der Waals surface area contributed by atoms with Gasteiger partial charge < -0.3 is 5.32 Å². The quantitative estimate of drug-likeness (QED) is 0.870. The van der Waals surface area contributed by atoms with Crippen LogP contribution in [0.2, 0.25) is 0 Å². The van der Waals surface area contributed by atoms with Crippen molar-refractivity contribution in [3.05, 3.63) is 24.3 Å². The molecule has 1 aromatic rings. The van der Waals surface area contributed by atoms with Gasteiger partial charge in [-0.05, 0) is 55.9 Å². The number of anilines is 1. The van der Waals surface area contributed by atoms with Crippen LogP contribution in [-0.4, -0.2) is 14.3 Å². The van der Waals surface area contributed by atoms with E-state index < -0.39 is 9.05 Å². The van der Waals surface area contributed by atoms with Crippen molar-refractivity contribution in [1.82, 2.24) is 0 Å². The SMILES string of the molecule is CC1CCC(C(=O)Nc2ccc(S(=O)(=O)Cl)cc2)CC1. The molecular weight excluding hydrogens is 298 g/mol. The molecule has 0 spiro atoms. The number of rotatable bonds is 3. The van der Waals surface area contributed by atoms with Crippen molar-refractivity contribution < 1.29 is 13.2 Å². The fourth-order valence-electron chi connectivity index (χ4n) is 2.47. The van der Waals surface area contributed by atoms with E-state index in [4.69, 9.17) is 10.7 Å². The Labute approximate surface area is 123 Å². The molecular formula is C14H18ClNO3S. The van der Waals surface area contributed by atoms with Crippen molar-refractivity contribution in [2.75, 3.05) is 5.32 Å². The van der Waals surface area contributed by atoms with Crippen LogP contribution in [0.4, 0.5) is 5.69 Å². The van der Waals surface area contributed by atoms with Crippen LogP contribution in [0.25, 0.3) is 0 Å². The molecule has 1 aliphatic carbocycles. The first-order valence-electron chi connectivity index (χ1n) is 6.72. The molecule has 6 heteroatoms. The number of benzene rings is 1. The molecule has 1 amide bonds. The number of hydrogen-bond acceptors (Lipinski definition) is 3. The third kappa shape index (κ3) is 3.96. The summed E-state index contributed by atoms with van der Waals surface area (Å²) in [6.45, 7) is 2.21. The molecule has 0 aliphatic heterocycles. The van der Waals surface area contributed by atoms with Crippen LogP contribution >= 0.6 is 10.7 Å². The van der Waals surface area contributed by atoms with E-state index >= 15 is 0 Å². The summed E-state index contributed by atoms with van der Waals surface area (Å²) in [7, 11) is 1.52. The summed E-state index contributed by atoms with van der Waals surface area (Å²) in [5.41, 5.74) is 0.595. The maximum atomic E-state index is 12.1. The zero-order chi connectivity index (χ0) is 14.8. The van der Waals surface area contributed by atoms with Gasteiger partial charge in [0.1, 0.15) is 0 Å². The first-order valence-corrected chi connectivity index (χ1v) is 9.03. The summed E-state index contributed by atoms with van der Waals surface area (Å²) in [6, 6.07) is 5.89. The van der Waals surface area contributed by atoms with E-state index in [2.05, 4.69) is 12.2 Å². The van der Waals surface area contributed by atoms with Gasteiger partial charge in [-0.2, -0.15) is 0 Å². The van der Waals surface area contributed by atoms with Gasteiger partial charge in [0.05, 0.1) is 4.90 Å². The second-order valence-corrected chi connectivity index (χ2v) is 7.97. The third-order valence-corrected chi connectivity index (χ3v) is 5.16. The summed E-state index contributed by atoms with van der Waals surface area (Å²) in [4.78, 5) is 12.1. The standard InChI is InChI=1S/C14H18ClNO3S/c1-10-2-4-11(5-3-10)14(17)16-12-6-8-13(9-7-12)20(15,18)19/h6-11H,2-5H2,1H3,(H,16,17). The van der Waals surface area contributed by atoms with Gasteiger partial charge in [-0.25, -0.2) is 8.42 Å². The molecule has 1 saturated carbocycles. The molecule has 0 aromatic heterocycles. The van der Waals surface area contributed by atoms with E-state index in [1.165, 1.54) is 12.1 Å². The van der Waals surface area contributed by atoms with Crippen LogP contribution in [0, 0.1) is 11.8 Å². The minimum atomic E-state index is -3.72. The first-order chi connectivity index (χ1) is 9.36. The Morgan fingerprint density at radius 2 is 1.70 bits per heavy atom. The molecule has 0 heterocycles. The number of hydrogen-bond donors (Lipinski definition) is 1. The minimum Gasteiger partial charge on any atom is -0.326 e. The first kappa shape index (κ1) is 15.3. The molecule has 110 valence electrons. The smallest absolute Gasteiger partial charge is 0.261 e.